The summed E-state index contributed by atoms with van der Waals surface area (Å²) in [5.41, 5.74) is 3.89. The maximum atomic E-state index is 12.9. The van der Waals surface area contributed by atoms with E-state index in [9.17, 15) is 9.67 Å². The number of nitrogens with one attached hydrogen (secondary N) is 1. The molecule has 0 saturated heterocycles. The summed E-state index contributed by atoms with van der Waals surface area (Å²) in [5, 5.41) is 14.2. The third-order valence-corrected chi connectivity index (χ3v) is 6.82. The van der Waals surface area contributed by atoms with E-state index in [0.29, 0.717) is 19.0 Å². The average Bonchev–Trinajstić information content (AvgIpc) is 2.65. The minimum Gasteiger partial charge on any atom is -0.507 e. The van der Waals surface area contributed by atoms with Gasteiger partial charge in [-0.15, -0.1) is 0 Å². The Bertz CT molecular complexity index is 900. The second-order valence-electron chi connectivity index (χ2n) is 9.62. The first-order chi connectivity index (χ1) is 14.3. The van der Waals surface area contributed by atoms with Crippen LogP contribution in [-0.4, -0.2) is 29.6 Å². The van der Waals surface area contributed by atoms with E-state index in [0.717, 1.165) is 27.9 Å². The van der Waals surface area contributed by atoms with Crippen molar-refractivity contribution in [1.29, 1.82) is 0 Å². The Labute approximate surface area is 186 Å². The maximum absolute atomic E-state index is 12.9. The SMILES string of the molecule is CCOP(=O)(CNc1cnccc1-c1cc(C(C)(C)C)c(O)c(C(C)(C)C)c1)OCC. The van der Waals surface area contributed by atoms with Gasteiger partial charge in [-0.2, -0.15) is 0 Å². The molecule has 0 bridgehead atoms. The van der Waals surface area contributed by atoms with Crippen molar-refractivity contribution in [3.8, 4) is 16.9 Å². The lowest BCUT2D eigenvalue weighted by atomic mass is 9.77. The molecule has 2 N–H and O–H groups in total. The molecule has 0 unspecified atom stereocenters. The highest BCUT2D eigenvalue weighted by atomic mass is 31.2. The van der Waals surface area contributed by atoms with Gasteiger partial charge in [0.05, 0.1) is 25.1 Å². The number of phenolic OH excluding ortho intramolecular Hbond substituents is 1. The molecule has 31 heavy (non-hydrogen) atoms. The quantitative estimate of drug-likeness (QED) is 0.438. The van der Waals surface area contributed by atoms with Crippen LogP contribution in [0.25, 0.3) is 11.1 Å². The minimum absolute atomic E-state index is 0.0454. The van der Waals surface area contributed by atoms with Gasteiger partial charge in [0.2, 0.25) is 0 Å². The van der Waals surface area contributed by atoms with Crippen molar-refractivity contribution in [2.24, 2.45) is 0 Å². The molecule has 0 spiro atoms. The summed E-state index contributed by atoms with van der Waals surface area (Å²) in [5.74, 6) is 0.338. The van der Waals surface area contributed by atoms with Gasteiger partial charge in [-0.05, 0) is 48.4 Å². The van der Waals surface area contributed by atoms with E-state index >= 15 is 0 Å². The summed E-state index contributed by atoms with van der Waals surface area (Å²) >= 11 is 0. The molecule has 0 atom stereocenters. The average molecular weight is 449 g/mol. The monoisotopic (exact) mass is 448 g/mol. The van der Waals surface area contributed by atoms with Gasteiger partial charge >= 0.3 is 7.60 Å². The zero-order valence-corrected chi connectivity index (χ0v) is 21.0. The van der Waals surface area contributed by atoms with Crippen LogP contribution in [0.1, 0.15) is 66.5 Å². The van der Waals surface area contributed by atoms with Crippen LogP contribution < -0.4 is 5.32 Å². The summed E-state index contributed by atoms with van der Waals surface area (Å²) in [7, 11) is -3.26. The second-order valence-corrected chi connectivity index (χ2v) is 11.7. The zero-order valence-electron chi connectivity index (χ0n) is 20.1. The number of rotatable bonds is 8. The molecule has 0 aliphatic heterocycles. The summed E-state index contributed by atoms with van der Waals surface area (Å²) in [6.45, 7) is 16.7. The first-order valence-corrected chi connectivity index (χ1v) is 12.5. The molecule has 2 aromatic rings. The lowest BCUT2D eigenvalue weighted by Crippen LogP contribution is -2.17. The molecule has 1 heterocycles. The van der Waals surface area contributed by atoms with Gasteiger partial charge in [-0.3, -0.25) is 9.55 Å². The van der Waals surface area contributed by atoms with Crippen molar-refractivity contribution < 1.29 is 18.7 Å². The molecule has 0 aliphatic rings. The predicted octanol–water partition coefficient (Wildman–Crippen LogP) is 6.68. The van der Waals surface area contributed by atoms with Crippen molar-refractivity contribution in [2.75, 3.05) is 24.8 Å². The van der Waals surface area contributed by atoms with Gasteiger partial charge in [0, 0.05) is 22.9 Å². The fraction of sp³-hybridized carbons (Fsp3) is 0.542. The number of phenols is 1. The highest BCUT2D eigenvalue weighted by molar-refractivity contribution is 7.53. The number of aromatic nitrogens is 1. The maximum Gasteiger partial charge on any atom is 0.349 e. The number of aromatic hydroxyl groups is 1. The molecule has 1 aromatic heterocycles. The van der Waals surface area contributed by atoms with Crippen LogP contribution in [0.5, 0.6) is 5.75 Å². The van der Waals surface area contributed by atoms with Crippen molar-refractivity contribution in [2.45, 2.75) is 66.2 Å². The molecular formula is C24H37N2O4P. The molecule has 6 nitrogen and oxygen atoms in total. The summed E-state index contributed by atoms with van der Waals surface area (Å²) in [4.78, 5) is 4.24. The number of hydrogen-bond donors (Lipinski definition) is 2. The Morgan fingerprint density at radius 1 is 1.00 bits per heavy atom. The minimum atomic E-state index is -3.26. The van der Waals surface area contributed by atoms with E-state index in [-0.39, 0.29) is 17.1 Å². The van der Waals surface area contributed by atoms with Crippen LogP contribution in [0, 0.1) is 0 Å². The number of nitrogens with zero attached hydrogens (tertiary/aromatic N) is 1. The van der Waals surface area contributed by atoms with Crippen LogP contribution in [0.15, 0.2) is 30.6 Å². The van der Waals surface area contributed by atoms with Gasteiger partial charge in [0.15, 0.2) is 0 Å². The lowest BCUT2D eigenvalue weighted by Gasteiger charge is -2.28. The van der Waals surface area contributed by atoms with Crippen LogP contribution in [-0.2, 0) is 24.4 Å². The van der Waals surface area contributed by atoms with Gasteiger partial charge in [-0.25, -0.2) is 0 Å². The molecule has 0 fully saturated rings. The van der Waals surface area contributed by atoms with E-state index in [1.807, 2.05) is 18.2 Å². The molecule has 1 aromatic carbocycles. The highest BCUT2D eigenvalue weighted by Crippen LogP contribution is 2.48. The third kappa shape index (κ3) is 6.31. The second kappa shape index (κ2) is 9.72. The Morgan fingerprint density at radius 2 is 1.52 bits per heavy atom. The fourth-order valence-corrected chi connectivity index (χ4v) is 4.83. The molecule has 172 valence electrons. The summed E-state index contributed by atoms with van der Waals surface area (Å²) in [6.07, 6.45) is 3.48. The number of benzene rings is 1. The fourth-order valence-electron chi connectivity index (χ4n) is 3.42. The number of anilines is 1. The van der Waals surface area contributed by atoms with E-state index in [2.05, 4.69) is 51.8 Å². The van der Waals surface area contributed by atoms with E-state index < -0.39 is 7.60 Å². The number of pyridine rings is 1. The third-order valence-electron chi connectivity index (χ3n) is 4.97. The molecule has 0 radical (unpaired) electrons. The van der Waals surface area contributed by atoms with Crippen LogP contribution in [0.3, 0.4) is 0 Å². The summed E-state index contributed by atoms with van der Waals surface area (Å²) < 4.78 is 23.7. The summed E-state index contributed by atoms with van der Waals surface area (Å²) in [6, 6.07) is 5.96. The van der Waals surface area contributed by atoms with Gasteiger partial charge < -0.3 is 19.5 Å². The van der Waals surface area contributed by atoms with Gasteiger partial charge in [0.25, 0.3) is 0 Å². The van der Waals surface area contributed by atoms with Crippen LogP contribution >= 0.6 is 7.60 Å². The van der Waals surface area contributed by atoms with Crippen molar-refractivity contribution in [3.63, 3.8) is 0 Å². The molecule has 7 heteroatoms. The van der Waals surface area contributed by atoms with Crippen molar-refractivity contribution >= 4 is 13.3 Å². The van der Waals surface area contributed by atoms with Crippen molar-refractivity contribution in [1.82, 2.24) is 4.98 Å². The lowest BCUT2D eigenvalue weighted by molar-refractivity contribution is 0.221. The molecule has 0 amide bonds. The Kier molecular flexibility index (Phi) is 7.96. The van der Waals surface area contributed by atoms with Crippen LogP contribution in [0.2, 0.25) is 0 Å². The predicted molar refractivity (Wildman–Crippen MR) is 128 cm³/mol. The van der Waals surface area contributed by atoms with Crippen LogP contribution in [0.4, 0.5) is 5.69 Å². The topological polar surface area (TPSA) is 80.7 Å². The zero-order chi connectivity index (χ0) is 23.4. The Balaban J connectivity index is 2.56. The van der Waals surface area contributed by atoms with Crippen molar-refractivity contribution in [3.05, 3.63) is 41.7 Å². The van der Waals surface area contributed by atoms with Gasteiger partial charge in [-0.1, -0.05) is 41.5 Å². The van der Waals surface area contributed by atoms with E-state index in [1.165, 1.54) is 0 Å². The molecule has 2 rings (SSSR count). The Hall–Kier alpha value is -1.88. The largest absolute Gasteiger partial charge is 0.507 e. The first-order valence-electron chi connectivity index (χ1n) is 10.8. The molecule has 0 aliphatic carbocycles. The van der Waals surface area contributed by atoms with E-state index in [1.54, 1.807) is 26.2 Å². The van der Waals surface area contributed by atoms with Gasteiger partial charge in [0.1, 0.15) is 12.0 Å². The highest BCUT2D eigenvalue weighted by Gasteiger charge is 2.28. The van der Waals surface area contributed by atoms with E-state index in [4.69, 9.17) is 9.05 Å². The molecular weight excluding hydrogens is 411 g/mol. The number of hydrogen-bond acceptors (Lipinski definition) is 6. The smallest absolute Gasteiger partial charge is 0.349 e. The standard InChI is InChI=1S/C24H37N2O4P/c1-9-29-31(28,30-10-2)16-26-21-15-25-12-11-18(21)17-13-19(23(3,4)5)22(27)20(14-17)24(6,7)8/h11-15,26-27H,9-10,16H2,1-8H3. The first kappa shape index (κ1) is 25.4. The normalized spacial score (nSPS) is 12.8. The molecule has 0 saturated carbocycles. The Morgan fingerprint density at radius 3 is 1.97 bits per heavy atom.